The van der Waals surface area contributed by atoms with Gasteiger partial charge in [-0.2, -0.15) is 0 Å². The third-order valence-electron chi connectivity index (χ3n) is 2.79. The van der Waals surface area contributed by atoms with Crippen LogP contribution in [0.25, 0.3) is 0 Å². The summed E-state index contributed by atoms with van der Waals surface area (Å²) in [5, 5.41) is 2.53. The SMILES string of the molecule is Cc1ccc(C(=O)NCC(=O)OCCOc2ccc(Br)cc2)s1. The van der Waals surface area contributed by atoms with E-state index in [-0.39, 0.29) is 25.7 Å². The van der Waals surface area contributed by atoms with Crippen molar-refractivity contribution in [1.82, 2.24) is 5.32 Å². The van der Waals surface area contributed by atoms with Gasteiger partial charge in [0.1, 0.15) is 25.5 Å². The molecule has 0 fully saturated rings. The number of amides is 1. The molecule has 0 bridgehead atoms. The number of hydrogen-bond acceptors (Lipinski definition) is 5. The maximum Gasteiger partial charge on any atom is 0.325 e. The molecule has 7 heteroatoms. The molecular formula is C16H16BrNO4S. The van der Waals surface area contributed by atoms with Crippen LogP contribution in [0.2, 0.25) is 0 Å². The van der Waals surface area contributed by atoms with Gasteiger partial charge < -0.3 is 14.8 Å². The molecule has 5 nitrogen and oxygen atoms in total. The van der Waals surface area contributed by atoms with Gasteiger partial charge in [0.25, 0.3) is 5.91 Å². The number of aryl methyl sites for hydroxylation is 1. The van der Waals surface area contributed by atoms with Crippen molar-refractivity contribution in [3.05, 3.63) is 50.6 Å². The van der Waals surface area contributed by atoms with Crippen molar-refractivity contribution in [3.8, 4) is 5.75 Å². The molecule has 0 atom stereocenters. The van der Waals surface area contributed by atoms with Crippen molar-refractivity contribution in [2.45, 2.75) is 6.92 Å². The van der Waals surface area contributed by atoms with Gasteiger partial charge in [-0.15, -0.1) is 11.3 Å². The van der Waals surface area contributed by atoms with E-state index in [1.807, 2.05) is 37.3 Å². The molecule has 0 spiro atoms. The normalized spacial score (nSPS) is 10.2. The van der Waals surface area contributed by atoms with E-state index < -0.39 is 5.97 Å². The number of halogens is 1. The highest BCUT2D eigenvalue weighted by molar-refractivity contribution is 9.10. The van der Waals surface area contributed by atoms with Gasteiger partial charge in [0.05, 0.1) is 4.88 Å². The molecule has 1 aromatic heterocycles. The largest absolute Gasteiger partial charge is 0.490 e. The van der Waals surface area contributed by atoms with Crippen LogP contribution in [0.1, 0.15) is 14.5 Å². The summed E-state index contributed by atoms with van der Waals surface area (Å²) in [5.74, 6) is -0.0668. The van der Waals surface area contributed by atoms with Crippen molar-refractivity contribution >= 4 is 39.1 Å². The third kappa shape index (κ3) is 6.03. The van der Waals surface area contributed by atoms with Crippen LogP contribution in [-0.4, -0.2) is 31.6 Å². The van der Waals surface area contributed by atoms with Gasteiger partial charge in [0, 0.05) is 9.35 Å². The lowest BCUT2D eigenvalue weighted by Gasteiger charge is -2.08. The van der Waals surface area contributed by atoms with E-state index in [1.54, 1.807) is 6.07 Å². The molecule has 122 valence electrons. The average Bonchev–Trinajstić information content (AvgIpc) is 2.97. The maximum absolute atomic E-state index is 11.8. The number of thiophene rings is 1. The first-order chi connectivity index (χ1) is 11.0. The Morgan fingerprint density at radius 1 is 1.13 bits per heavy atom. The zero-order valence-electron chi connectivity index (χ0n) is 12.5. The molecule has 2 aromatic rings. The van der Waals surface area contributed by atoms with Crippen LogP contribution in [0.4, 0.5) is 0 Å². The summed E-state index contributed by atoms with van der Waals surface area (Å²) in [4.78, 5) is 24.9. The monoisotopic (exact) mass is 397 g/mol. The molecule has 23 heavy (non-hydrogen) atoms. The first-order valence-electron chi connectivity index (χ1n) is 6.93. The lowest BCUT2D eigenvalue weighted by Crippen LogP contribution is -2.30. The summed E-state index contributed by atoms with van der Waals surface area (Å²) in [7, 11) is 0. The molecule has 1 heterocycles. The van der Waals surface area contributed by atoms with E-state index in [0.29, 0.717) is 10.6 Å². The molecule has 1 N–H and O–H groups in total. The minimum atomic E-state index is -0.494. The minimum Gasteiger partial charge on any atom is -0.490 e. The lowest BCUT2D eigenvalue weighted by atomic mass is 10.3. The summed E-state index contributed by atoms with van der Waals surface area (Å²) >= 11 is 4.71. The molecule has 0 saturated heterocycles. The van der Waals surface area contributed by atoms with E-state index in [2.05, 4.69) is 21.2 Å². The van der Waals surface area contributed by atoms with Crippen molar-refractivity contribution in [1.29, 1.82) is 0 Å². The van der Waals surface area contributed by atoms with E-state index >= 15 is 0 Å². The van der Waals surface area contributed by atoms with Gasteiger partial charge in [0.15, 0.2) is 0 Å². The molecule has 2 rings (SSSR count). The van der Waals surface area contributed by atoms with Gasteiger partial charge >= 0.3 is 5.97 Å². The Bertz CT molecular complexity index is 669. The third-order valence-corrected chi connectivity index (χ3v) is 4.31. The number of rotatable bonds is 7. The van der Waals surface area contributed by atoms with Crippen molar-refractivity contribution in [2.24, 2.45) is 0 Å². The van der Waals surface area contributed by atoms with Gasteiger partial charge in [-0.3, -0.25) is 9.59 Å². The fourth-order valence-electron chi connectivity index (χ4n) is 1.69. The van der Waals surface area contributed by atoms with Crippen LogP contribution in [0.5, 0.6) is 5.75 Å². The Morgan fingerprint density at radius 3 is 2.52 bits per heavy atom. The van der Waals surface area contributed by atoms with Crippen molar-refractivity contribution < 1.29 is 19.1 Å². The second-order valence-corrected chi connectivity index (χ2v) is 6.82. The lowest BCUT2D eigenvalue weighted by molar-refractivity contribution is -0.143. The topological polar surface area (TPSA) is 64.6 Å². The predicted octanol–water partition coefficient (Wildman–Crippen LogP) is 3.17. The van der Waals surface area contributed by atoms with Crippen LogP contribution in [-0.2, 0) is 9.53 Å². The summed E-state index contributed by atoms with van der Waals surface area (Å²) in [5.41, 5.74) is 0. The standard InChI is InChI=1S/C16H16BrNO4S/c1-11-2-7-14(23-11)16(20)18-10-15(19)22-9-8-21-13-5-3-12(17)4-6-13/h2-7H,8-10H2,1H3,(H,18,20). The molecule has 0 saturated carbocycles. The van der Waals surface area contributed by atoms with Gasteiger partial charge in [0.2, 0.25) is 0 Å². The number of carbonyl (C=O) groups excluding carboxylic acids is 2. The molecule has 1 aromatic carbocycles. The fraction of sp³-hybridized carbons (Fsp3) is 0.250. The summed E-state index contributed by atoms with van der Waals surface area (Å²) in [6.07, 6.45) is 0. The second-order valence-electron chi connectivity index (χ2n) is 4.62. The molecule has 0 aliphatic carbocycles. The summed E-state index contributed by atoms with van der Waals surface area (Å²) < 4.78 is 11.4. The first kappa shape index (κ1) is 17.5. The number of hydrogen-bond donors (Lipinski definition) is 1. The molecular weight excluding hydrogens is 382 g/mol. The molecule has 0 unspecified atom stereocenters. The Hall–Kier alpha value is -1.86. The van der Waals surface area contributed by atoms with E-state index in [1.165, 1.54) is 11.3 Å². The van der Waals surface area contributed by atoms with E-state index in [0.717, 1.165) is 9.35 Å². The number of esters is 1. The minimum absolute atomic E-state index is 0.128. The predicted molar refractivity (Wildman–Crippen MR) is 92.0 cm³/mol. The second kappa shape index (κ2) is 8.69. The number of nitrogens with one attached hydrogen (secondary N) is 1. The first-order valence-corrected chi connectivity index (χ1v) is 8.54. The van der Waals surface area contributed by atoms with Gasteiger partial charge in [-0.25, -0.2) is 0 Å². The Kier molecular flexibility index (Phi) is 6.61. The highest BCUT2D eigenvalue weighted by Crippen LogP contribution is 2.16. The Labute approximate surface area is 146 Å². The zero-order valence-corrected chi connectivity index (χ0v) is 14.9. The number of benzene rings is 1. The van der Waals surface area contributed by atoms with E-state index in [9.17, 15) is 9.59 Å². The van der Waals surface area contributed by atoms with E-state index in [4.69, 9.17) is 9.47 Å². The number of carbonyl (C=O) groups is 2. The van der Waals surface area contributed by atoms with Gasteiger partial charge in [-0.05, 0) is 43.3 Å². The number of ether oxygens (including phenoxy) is 2. The van der Waals surface area contributed by atoms with Crippen LogP contribution in [0, 0.1) is 6.92 Å². The van der Waals surface area contributed by atoms with Crippen LogP contribution >= 0.6 is 27.3 Å². The smallest absolute Gasteiger partial charge is 0.325 e. The Balaban J connectivity index is 1.61. The quantitative estimate of drug-likeness (QED) is 0.575. The van der Waals surface area contributed by atoms with Crippen molar-refractivity contribution in [3.63, 3.8) is 0 Å². The highest BCUT2D eigenvalue weighted by atomic mass is 79.9. The van der Waals surface area contributed by atoms with Crippen LogP contribution in [0.15, 0.2) is 40.9 Å². The summed E-state index contributed by atoms with van der Waals surface area (Å²) in [6.45, 7) is 2.14. The molecule has 1 amide bonds. The van der Waals surface area contributed by atoms with Crippen molar-refractivity contribution in [2.75, 3.05) is 19.8 Å². The van der Waals surface area contributed by atoms with Gasteiger partial charge in [-0.1, -0.05) is 15.9 Å². The molecule has 0 aliphatic rings. The maximum atomic E-state index is 11.8. The molecule has 0 aliphatic heterocycles. The zero-order chi connectivity index (χ0) is 16.7. The molecule has 0 radical (unpaired) electrons. The average molecular weight is 398 g/mol. The van der Waals surface area contributed by atoms with Crippen LogP contribution in [0.3, 0.4) is 0 Å². The Morgan fingerprint density at radius 2 is 1.87 bits per heavy atom. The summed E-state index contributed by atoms with van der Waals surface area (Å²) in [6, 6.07) is 10.9. The highest BCUT2D eigenvalue weighted by Gasteiger charge is 2.10. The fourth-order valence-corrected chi connectivity index (χ4v) is 2.74. The van der Waals surface area contributed by atoms with Crippen LogP contribution < -0.4 is 10.1 Å².